The van der Waals surface area contributed by atoms with Crippen molar-refractivity contribution in [2.45, 2.75) is 31.6 Å². The lowest BCUT2D eigenvalue weighted by molar-refractivity contribution is -0.0231. The van der Waals surface area contributed by atoms with Crippen LogP contribution < -0.4 is 4.74 Å². The highest BCUT2D eigenvalue weighted by molar-refractivity contribution is 6.31. The molecular weight excluding hydrogens is 390 g/mol. The summed E-state index contributed by atoms with van der Waals surface area (Å²) in [6.45, 7) is 2.81. The second-order valence-electron chi connectivity index (χ2n) is 8.02. The van der Waals surface area contributed by atoms with E-state index in [1.54, 1.807) is 24.3 Å². The van der Waals surface area contributed by atoms with Crippen molar-refractivity contribution in [2.75, 3.05) is 20.2 Å². The number of benzene rings is 2. The molecule has 2 aromatic carbocycles. The van der Waals surface area contributed by atoms with Crippen molar-refractivity contribution in [3.8, 4) is 5.75 Å². The fraction of sp³-hybridized carbons (Fsp3) is 0.435. The fourth-order valence-corrected chi connectivity index (χ4v) is 4.77. The molecule has 0 unspecified atom stereocenters. The number of hydrogen-bond donors (Lipinski definition) is 1. The molecule has 1 saturated heterocycles. The summed E-state index contributed by atoms with van der Waals surface area (Å²) in [5.41, 5.74) is 1.63. The molecule has 2 aliphatic rings. The number of carbonyl (C=O) groups excluding carboxylic acids is 1. The molecule has 4 rings (SSSR count). The zero-order chi connectivity index (χ0) is 20.4. The third kappa shape index (κ3) is 4.58. The molecule has 154 valence electrons. The van der Waals surface area contributed by atoms with Crippen LogP contribution in [-0.4, -0.2) is 48.4 Å². The predicted molar refractivity (Wildman–Crippen MR) is 111 cm³/mol. The summed E-state index contributed by atoms with van der Waals surface area (Å²) < 4.78 is 10.8. The van der Waals surface area contributed by atoms with Crippen LogP contribution in [0.3, 0.4) is 0 Å². The second-order valence-corrected chi connectivity index (χ2v) is 8.42. The summed E-state index contributed by atoms with van der Waals surface area (Å²) in [5, 5.41) is 11.4. The minimum Gasteiger partial charge on any atom is -0.488 e. The van der Waals surface area contributed by atoms with Gasteiger partial charge in [0, 0.05) is 24.7 Å². The molecule has 1 N–H and O–H groups in total. The van der Waals surface area contributed by atoms with Crippen LogP contribution in [-0.2, 0) is 11.3 Å². The van der Waals surface area contributed by atoms with E-state index in [9.17, 15) is 9.90 Å². The van der Waals surface area contributed by atoms with Gasteiger partial charge in [0.1, 0.15) is 11.9 Å². The number of aliphatic hydroxyl groups excluding tert-OH is 1. The van der Waals surface area contributed by atoms with E-state index in [1.165, 1.54) is 7.11 Å². The molecule has 0 spiro atoms. The summed E-state index contributed by atoms with van der Waals surface area (Å²) in [7, 11) is 1.36. The summed E-state index contributed by atoms with van der Waals surface area (Å²) >= 11 is 6.32. The first-order valence-corrected chi connectivity index (χ1v) is 10.4. The SMILES string of the molecule is COC(=O)c1ccc(O[C@H]2C[C@@H]3CN(Cc4ccccc4Cl)C[C@@H]3C[C@@H]2O)cc1. The normalized spacial score (nSPS) is 26.7. The van der Waals surface area contributed by atoms with Crippen LogP contribution in [0.1, 0.15) is 28.8 Å². The maximum atomic E-state index is 11.6. The standard InChI is InChI=1S/C23H26ClNO4/c1-28-23(27)15-6-8-19(9-7-15)29-22-11-18-14-25(13-17(18)10-21(22)26)12-16-4-2-3-5-20(16)24/h2-9,17-18,21-22,26H,10-14H2,1H3/t17-,18+,21-,22-/m0/s1. The smallest absolute Gasteiger partial charge is 0.337 e. The van der Waals surface area contributed by atoms with E-state index < -0.39 is 6.10 Å². The molecule has 0 radical (unpaired) electrons. The highest BCUT2D eigenvalue weighted by Crippen LogP contribution is 2.38. The van der Waals surface area contributed by atoms with Gasteiger partial charge < -0.3 is 14.6 Å². The summed E-state index contributed by atoms with van der Waals surface area (Å²) in [6, 6.07) is 14.8. The number of fused-ring (bicyclic) bond motifs is 1. The van der Waals surface area contributed by atoms with Crippen molar-refractivity contribution in [3.63, 3.8) is 0 Å². The van der Waals surface area contributed by atoms with Crippen molar-refractivity contribution in [3.05, 3.63) is 64.7 Å². The lowest BCUT2D eigenvalue weighted by Gasteiger charge is -2.35. The van der Waals surface area contributed by atoms with Crippen molar-refractivity contribution in [2.24, 2.45) is 11.8 Å². The van der Waals surface area contributed by atoms with Crippen molar-refractivity contribution in [1.29, 1.82) is 0 Å². The van der Waals surface area contributed by atoms with Crippen LogP contribution in [0.25, 0.3) is 0 Å². The Bertz CT molecular complexity index is 856. The van der Waals surface area contributed by atoms with E-state index in [4.69, 9.17) is 21.1 Å². The highest BCUT2D eigenvalue weighted by Gasteiger charge is 2.42. The van der Waals surface area contributed by atoms with Crippen LogP contribution in [0.2, 0.25) is 5.02 Å². The molecule has 4 atom stereocenters. The largest absolute Gasteiger partial charge is 0.488 e. The first-order valence-electron chi connectivity index (χ1n) is 10.0. The third-order valence-corrected chi connectivity index (χ3v) is 6.44. The van der Waals surface area contributed by atoms with Crippen molar-refractivity contribution >= 4 is 17.6 Å². The molecule has 29 heavy (non-hydrogen) atoms. The molecule has 5 nitrogen and oxygen atoms in total. The Hall–Kier alpha value is -2.08. The molecule has 1 saturated carbocycles. The topological polar surface area (TPSA) is 59.0 Å². The molecule has 1 aliphatic heterocycles. The molecule has 6 heteroatoms. The number of methoxy groups -OCH3 is 1. The quantitative estimate of drug-likeness (QED) is 0.753. The number of carbonyl (C=O) groups is 1. The van der Waals surface area contributed by atoms with Gasteiger partial charge in [-0.05, 0) is 60.6 Å². The van der Waals surface area contributed by atoms with E-state index in [0.29, 0.717) is 23.1 Å². The molecule has 0 bridgehead atoms. The molecule has 2 aromatic rings. The monoisotopic (exact) mass is 415 g/mol. The number of hydrogen-bond acceptors (Lipinski definition) is 5. The maximum Gasteiger partial charge on any atom is 0.337 e. The molecule has 1 heterocycles. The summed E-state index contributed by atoms with van der Waals surface area (Å²) in [5.74, 6) is 1.27. The van der Waals surface area contributed by atoms with Crippen molar-refractivity contribution < 1.29 is 19.4 Å². The number of likely N-dealkylation sites (tertiary alicyclic amines) is 1. The van der Waals surface area contributed by atoms with Gasteiger partial charge in [0.05, 0.1) is 18.8 Å². The fourth-order valence-electron chi connectivity index (χ4n) is 4.57. The molecule has 0 amide bonds. The first-order chi connectivity index (χ1) is 14.0. The van der Waals surface area contributed by atoms with E-state index in [1.807, 2.05) is 18.2 Å². The summed E-state index contributed by atoms with van der Waals surface area (Å²) in [6.07, 6.45) is 0.843. The molecule has 0 aromatic heterocycles. The molecular formula is C23H26ClNO4. The van der Waals surface area contributed by atoms with Crippen LogP contribution in [0.15, 0.2) is 48.5 Å². The average Bonchev–Trinajstić information content (AvgIpc) is 3.11. The van der Waals surface area contributed by atoms with Gasteiger partial charge in [-0.1, -0.05) is 29.8 Å². The van der Waals surface area contributed by atoms with E-state index >= 15 is 0 Å². The number of ether oxygens (including phenoxy) is 2. The maximum absolute atomic E-state index is 11.6. The summed E-state index contributed by atoms with van der Waals surface area (Å²) in [4.78, 5) is 14.0. The molecule has 2 fully saturated rings. The number of aliphatic hydroxyl groups is 1. The van der Waals surface area contributed by atoms with Crippen LogP contribution in [0, 0.1) is 11.8 Å². The minimum atomic E-state index is -0.489. The van der Waals surface area contributed by atoms with Gasteiger partial charge in [0.2, 0.25) is 0 Å². The number of rotatable bonds is 5. The van der Waals surface area contributed by atoms with Crippen molar-refractivity contribution in [1.82, 2.24) is 4.90 Å². The Kier molecular flexibility index (Phi) is 6.09. The Balaban J connectivity index is 1.36. The number of nitrogens with zero attached hydrogens (tertiary/aromatic N) is 1. The zero-order valence-electron chi connectivity index (χ0n) is 16.5. The third-order valence-electron chi connectivity index (χ3n) is 6.08. The Morgan fingerprint density at radius 3 is 2.48 bits per heavy atom. The van der Waals surface area contributed by atoms with E-state index in [0.717, 1.165) is 43.1 Å². The van der Waals surface area contributed by atoms with Gasteiger partial charge in [-0.15, -0.1) is 0 Å². The van der Waals surface area contributed by atoms with Gasteiger partial charge >= 0.3 is 5.97 Å². The number of halogens is 1. The average molecular weight is 416 g/mol. The zero-order valence-corrected chi connectivity index (χ0v) is 17.2. The number of esters is 1. The van der Waals surface area contributed by atoms with Gasteiger partial charge in [-0.25, -0.2) is 4.79 Å². The lowest BCUT2D eigenvalue weighted by Crippen LogP contribution is -2.42. The Morgan fingerprint density at radius 2 is 1.79 bits per heavy atom. The molecule has 1 aliphatic carbocycles. The first kappa shape index (κ1) is 20.2. The Labute approximate surface area is 176 Å². The highest BCUT2D eigenvalue weighted by atomic mass is 35.5. The van der Waals surface area contributed by atoms with Crippen LogP contribution >= 0.6 is 11.6 Å². The van der Waals surface area contributed by atoms with Gasteiger partial charge in [0.15, 0.2) is 0 Å². The predicted octanol–water partition coefficient (Wildman–Crippen LogP) is 3.78. The second kappa shape index (κ2) is 8.74. The van der Waals surface area contributed by atoms with E-state index in [-0.39, 0.29) is 12.1 Å². The van der Waals surface area contributed by atoms with E-state index in [2.05, 4.69) is 11.0 Å². The van der Waals surface area contributed by atoms with Gasteiger partial charge in [0.25, 0.3) is 0 Å². The Morgan fingerprint density at radius 1 is 1.10 bits per heavy atom. The van der Waals surface area contributed by atoms with Crippen LogP contribution in [0.5, 0.6) is 5.75 Å². The lowest BCUT2D eigenvalue weighted by atomic mass is 9.78. The van der Waals surface area contributed by atoms with Gasteiger partial charge in [-0.3, -0.25) is 4.90 Å². The minimum absolute atomic E-state index is 0.236. The van der Waals surface area contributed by atoms with Gasteiger partial charge in [-0.2, -0.15) is 0 Å². The van der Waals surface area contributed by atoms with Crippen LogP contribution in [0.4, 0.5) is 0 Å².